The molecular formula is C17H14FN3O2. The molecule has 6 heteroatoms. The summed E-state index contributed by atoms with van der Waals surface area (Å²) < 4.78 is 19.8. The third-order valence-corrected chi connectivity index (χ3v) is 3.08. The number of carbonyl (C=O) groups is 1. The van der Waals surface area contributed by atoms with E-state index in [0.717, 1.165) is 5.69 Å². The van der Waals surface area contributed by atoms with Gasteiger partial charge in [0.2, 0.25) is 0 Å². The van der Waals surface area contributed by atoms with E-state index in [1.165, 1.54) is 24.3 Å². The number of benzene rings is 2. The molecule has 0 aliphatic rings. The van der Waals surface area contributed by atoms with Gasteiger partial charge in [-0.05, 0) is 48.5 Å². The first-order valence-electron chi connectivity index (χ1n) is 6.99. The highest BCUT2D eigenvalue weighted by molar-refractivity contribution is 5.92. The molecule has 0 aliphatic heterocycles. The fourth-order valence-electron chi connectivity index (χ4n) is 2.02. The van der Waals surface area contributed by atoms with Crippen molar-refractivity contribution in [3.05, 3.63) is 72.8 Å². The Labute approximate surface area is 132 Å². The predicted octanol–water partition coefficient (Wildman–Crippen LogP) is 3.03. The Morgan fingerprint density at radius 3 is 2.74 bits per heavy atom. The lowest BCUT2D eigenvalue weighted by atomic mass is 10.3. The highest BCUT2D eigenvalue weighted by Gasteiger charge is 2.05. The Kier molecular flexibility index (Phi) is 4.33. The van der Waals surface area contributed by atoms with Gasteiger partial charge in [-0.3, -0.25) is 4.79 Å². The van der Waals surface area contributed by atoms with Crippen LogP contribution in [-0.2, 0) is 4.79 Å². The standard InChI is InChI=1S/C17H14FN3O2/c18-13-5-7-16(8-6-13)23-12-17(22)20-14-3-1-4-15(11-14)21-10-2-9-19-21/h1-11H,12H2,(H,20,22). The van der Waals surface area contributed by atoms with E-state index in [1.54, 1.807) is 16.9 Å². The first-order valence-corrected chi connectivity index (χ1v) is 6.99. The second-order valence-electron chi connectivity index (χ2n) is 4.79. The fraction of sp³-hybridized carbons (Fsp3) is 0.0588. The normalized spacial score (nSPS) is 10.3. The van der Waals surface area contributed by atoms with Crippen molar-refractivity contribution in [1.82, 2.24) is 9.78 Å². The highest BCUT2D eigenvalue weighted by Crippen LogP contribution is 2.14. The zero-order valence-corrected chi connectivity index (χ0v) is 12.1. The molecule has 5 nitrogen and oxygen atoms in total. The molecule has 2 aromatic carbocycles. The van der Waals surface area contributed by atoms with E-state index in [1.807, 2.05) is 30.5 Å². The van der Waals surface area contributed by atoms with Gasteiger partial charge in [0.25, 0.3) is 5.91 Å². The van der Waals surface area contributed by atoms with E-state index in [2.05, 4.69) is 10.4 Å². The van der Waals surface area contributed by atoms with E-state index in [4.69, 9.17) is 4.74 Å². The maximum absolute atomic E-state index is 12.8. The van der Waals surface area contributed by atoms with E-state index in [0.29, 0.717) is 11.4 Å². The molecule has 1 N–H and O–H groups in total. The Morgan fingerprint density at radius 2 is 2.00 bits per heavy atom. The summed E-state index contributed by atoms with van der Waals surface area (Å²) in [6.07, 6.45) is 3.50. The third kappa shape index (κ3) is 3.94. The van der Waals surface area contributed by atoms with E-state index in [-0.39, 0.29) is 18.3 Å². The summed E-state index contributed by atoms with van der Waals surface area (Å²) in [5, 5.41) is 6.89. The average Bonchev–Trinajstić information content (AvgIpc) is 3.09. The molecule has 0 radical (unpaired) electrons. The van der Waals surface area contributed by atoms with Crippen LogP contribution in [0.3, 0.4) is 0 Å². The van der Waals surface area contributed by atoms with Gasteiger partial charge in [0.05, 0.1) is 5.69 Å². The Balaban J connectivity index is 1.59. The first-order chi connectivity index (χ1) is 11.2. The van der Waals surface area contributed by atoms with Crippen molar-refractivity contribution in [3.8, 4) is 11.4 Å². The van der Waals surface area contributed by atoms with Crippen molar-refractivity contribution in [1.29, 1.82) is 0 Å². The van der Waals surface area contributed by atoms with E-state index in [9.17, 15) is 9.18 Å². The average molecular weight is 311 g/mol. The van der Waals surface area contributed by atoms with Crippen LogP contribution in [0.5, 0.6) is 5.75 Å². The van der Waals surface area contributed by atoms with Gasteiger partial charge in [0.1, 0.15) is 11.6 Å². The lowest BCUT2D eigenvalue weighted by molar-refractivity contribution is -0.118. The monoisotopic (exact) mass is 311 g/mol. The van der Waals surface area contributed by atoms with Crippen molar-refractivity contribution >= 4 is 11.6 Å². The van der Waals surface area contributed by atoms with Crippen LogP contribution < -0.4 is 10.1 Å². The molecule has 23 heavy (non-hydrogen) atoms. The summed E-state index contributed by atoms with van der Waals surface area (Å²) >= 11 is 0. The second kappa shape index (κ2) is 6.74. The number of hydrogen-bond donors (Lipinski definition) is 1. The quantitative estimate of drug-likeness (QED) is 0.788. The van der Waals surface area contributed by atoms with Gasteiger partial charge < -0.3 is 10.1 Å². The smallest absolute Gasteiger partial charge is 0.262 e. The fourth-order valence-corrected chi connectivity index (χ4v) is 2.02. The van der Waals surface area contributed by atoms with E-state index < -0.39 is 0 Å². The molecule has 0 bridgehead atoms. The summed E-state index contributed by atoms with van der Waals surface area (Å²) in [6, 6.07) is 14.6. The van der Waals surface area contributed by atoms with Crippen LogP contribution >= 0.6 is 0 Å². The van der Waals surface area contributed by atoms with Crippen LogP contribution in [0.15, 0.2) is 67.0 Å². The van der Waals surface area contributed by atoms with Crippen molar-refractivity contribution in [3.63, 3.8) is 0 Å². The SMILES string of the molecule is O=C(COc1ccc(F)cc1)Nc1cccc(-n2cccn2)c1. The Bertz CT molecular complexity index is 786. The molecule has 0 saturated carbocycles. The summed E-state index contributed by atoms with van der Waals surface area (Å²) in [5.74, 6) is -0.212. The zero-order valence-electron chi connectivity index (χ0n) is 12.1. The van der Waals surface area contributed by atoms with Crippen LogP contribution in [0.2, 0.25) is 0 Å². The summed E-state index contributed by atoms with van der Waals surface area (Å²) in [5.41, 5.74) is 1.48. The molecule has 0 spiro atoms. The molecular weight excluding hydrogens is 297 g/mol. The second-order valence-corrected chi connectivity index (χ2v) is 4.79. The summed E-state index contributed by atoms with van der Waals surface area (Å²) in [4.78, 5) is 11.9. The number of carbonyl (C=O) groups excluding carboxylic acids is 1. The lowest BCUT2D eigenvalue weighted by Crippen LogP contribution is -2.20. The molecule has 1 amide bonds. The van der Waals surface area contributed by atoms with Gasteiger partial charge in [-0.15, -0.1) is 0 Å². The Hall–Kier alpha value is -3.15. The number of rotatable bonds is 5. The number of amides is 1. The molecule has 0 aliphatic carbocycles. The van der Waals surface area contributed by atoms with E-state index >= 15 is 0 Å². The third-order valence-electron chi connectivity index (χ3n) is 3.08. The number of nitrogens with zero attached hydrogens (tertiary/aromatic N) is 2. The number of nitrogens with one attached hydrogen (secondary N) is 1. The minimum absolute atomic E-state index is 0.155. The van der Waals surface area contributed by atoms with Gasteiger partial charge in [-0.25, -0.2) is 9.07 Å². The zero-order chi connectivity index (χ0) is 16.1. The molecule has 0 atom stereocenters. The molecule has 0 fully saturated rings. The maximum Gasteiger partial charge on any atom is 0.262 e. The minimum atomic E-state index is -0.350. The Morgan fingerprint density at radius 1 is 1.17 bits per heavy atom. The topological polar surface area (TPSA) is 56.1 Å². The number of aromatic nitrogens is 2. The van der Waals surface area contributed by atoms with Crippen LogP contribution in [0, 0.1) is 5.82 Å². The largest absolute Gasteiger partial charge is 0.484 e. The van der Waals surface area contributed by atoms with Crippen molar-refractivity contribution in [2.75, 3.05) is 11.9 Å². The number of anilines is 1. The van der Waals surface area contributed by atoms with Crippen molar-refractivity contribution in [2.45, 2.75) is 0 Å². The maximum atomic E-state index is 12.8. The number of halogens is 1. The number of ether oxygens (including phenoxy) is 1. The first kappa shape index (κ1) is 14.8. The van der Waals surface area contributed by atoms with Gasteiger partial charge in [-0.2, -0.15) is 5.10 Å². The van der Waals surface area contributed by atoms with Crippen LogP contribution in [0.4, 0.5) is 10.1 Å². The van der Waals surface area contributed by atoms with Crippen LogP contribution in [-0.4, -0.2) is 22.3 Å². The molecule has 3 aromatic rings. The molecule has 116 valence electrons. The molecule has 1 aromatic heterocycles. The highest BCUT2D eigenvalue weighted by atomic mass is 19.1. The van der Waals surface area contributed by atoms with Crippen molar-refractivity contribution in [2.24, 2.45) is 0 Å². The molecule has 0 saturated heterocycles. The van der Waals surface area contributed by atoms with Gasteiger partial charge in [0, 0.05) is 18.1 Å². The van der Waals surface area contributed by atoms with Crippen LogP contribution in [0.1, 0.15) is 0 Å². The summed E-state index contributed by atoms with van der Waals surface area (Å²) in [7, 11) is 0. The number of hydrogen-bond acceptors (Lipinski definition) is 3. The van der Waals surface area contributed by atoms with Gasteiger partial charge in [-0.1, -0.05) is 6.07 Å². The van der Waals surface area contributed by atoms with Crippen LogP contribution in [0.25, 0.3) is 5.69 Å². The minimum Gasteiger partial charge on any atom is -0.484 e. The molecule has 1 heterocycles. The summed E-state index contributed by atoms with van der Waals surface area (Å²) in [6.45, 7) is -0.155. The molecule has 3 rings (SSSR count). The lowest BCUT2D eigenvalue weighted by Gasteiger charge is -2.09. The van der Waals surface area contributed by atoms with Crippen molar-refractivity contribution < 1.29 is 13.9 Å². The van der Waals surface area contributed by atoms with Gasteiger partial charge >= 0.3 is 0 Å². The molecule has 0 unspecified atom stereocenters. The predicted molar refractivity (Wildman–Crippen MR) is 84.1 cm³/mol. The van der Waals surface area contributed by atoms with Gasteiger partial charge in [0.15, 0.2) is 6.61 Å².